The molecule has 0 aromatic heterocycles. The van der Waals surface area contributed by atoms with Gasteiger partial charge in [-0.15, -0.1) is 0 Å². The zero-order valence-corrected chi connectivity index (χ0v) is 8.92. The first kappa shape index (κ1) is 10.2. The van der Waals surface area contributed by atoms with Gasteiger partial charge in [-0.3, -0.25) is 4.79 Å². The Bertz CT molecular complexity index is 358. The van der Waals surface area contributed by atoms with Crippen LogP contribution in [0, 0.1) is 6.92 Å². The van der Waals surface area contributed by atoms with Crippen LogP contribution in [0.15, 0.2) is 24.3 Å². The molecule has 1 aromatic rings. The molecule has 0 bridgehead atoms. The highest BCUT2D eigenvalue weighted by molar-refractivity contribution is 5.92. The van der Waals surface area contributed by atoms with Crippen LogP contribution >= 0.6 is 0 Å². The molecule has 1 aliphatic carbocycles. The first-order chi connectivity index (χ1) is 7.24. The standard InChI is InChI=1S/C12H16N2O/c1-9-3-2-4-11(7-9)14-12(15)8-13-10-5-6-10/h2-4,7,10,13H,5-6,8H2,1H3,(H,14,15). The summed E-state index contributed by atoms with van der Waals surface area (Å²) in [6.45, 7) is 2.43. The molecule has 0 heterocycles. The Morgan fingerprint density at radius 3 is 2.93 bits per heavy atom. The van der Waals surface area contributed by atoms with Gasteiger partial charge in [-0.05, 0) is 37.5 Å². The SMILES string of the molecule is Cc1cccc(NC(=O)CNC2CC2)c1. The van der Waals surface area contributed by atoms with Crippen molar-refractivity contribution < 1.29 is 4.79 Å². The summed E-state index contributed by atoms with van der Waals surface area (Å²) in [4.78, 5) is 11.5. The van der Waals surface area contributed by atoms with Crippen LogP contribution in [0.1, 0.15) is 18.4 Å². The molecule has 3 heteroatoms. The van der Waals surface area contributed by atoms with Gasteiger partial charge in [0, 0.05) is 11.7 Å². The zero-order valence-electron chi connectivity index (χ0n) is 8.92. The molecule has 1 amide bonds. The highest BCUT2D eigenvalue weighted by Crippen LogP contribution is 2.18. The lowest BCUT2D eigenvalue weighted by molar-refractivity contribution is -0.115. The fourth-order valence-corrected chi connectivity index (χ4v) is 1.45. The van der Waals surface area contributed by atoms with Gasteiger partial charge in [0.15, 0.2) is 0 Å². The summed E-state index contributed by atoms with van der Waals surface area (Å²) in [7, 11) is 0. The van der Waals surface area contributed by atoms with Crippen LogP contribution in [0.4, 0.5) is 5.69 Å². The van der Waals surface area contributed by atoms with Crippen molar-refractivity contribution in [3.63, 3.8) is 0 Å². The maximum Gasteiger partial charge on any atom is 0.238 e. The van der Waals surface area contributed by atoms with E-state index in [1.165, 1.54) is 12.8 Å². The number of benzene rings is 1. The molecule has 1 aliphatic rings. The summed E-state index contributed by atoms with van der Waals surface area (Å²) in [5.74, 6) is 0.0347. The number of anilines is 1. The zero-order chi connectivity index (χ0) is 10.7. The number of rotatable bonds is 4. The summed E-state index contributed by atoms with van der Waals surface area (Å²) in [6, 6.07) is 8.40. The van der Waals surface area contributed by atoms with E-state index in [-0.39, 0.29) is 5.91 Å². The first-order valence-electron chi connectivity index (χ1n) is 5.34. The van der Waals surface area contributed by atoms with Gasteiger partial charge >= 0.3 is 0 Å². The molecule has 1 fully saturated rings. The number of carbonyl (C=O) groups is 1. The Balaban J connectivity index is 1.81. The van der Waals surface area contributed by atoms with Gasteiger partial charge in [0.25, 0.3) is 0 Å². The van der Waals surface area contributed by atoms with Crippen molar-refractivity contribution in [1.29, 1.82) is 0 Å². The largest absolute Gasteiger partial charge is 0.325 e. The van der Waals surface area contributed by atoms with Gasteiger partial charge in [0.1, 0.15) is 0 Å². The minimum absolute atomic E-state index is 0.0347. The number of nitrogens with one attached hydrogen (secondary N) is 2. The second kappa shape index (κ2) is 4.45. The van der Waals surface area contributed by atoms with E-state index in [1.807, 2.05) is 31.2 Å². The maximum atomic E-state index is 11.5. The Hall–Kier alpha value is -1.35. The second-order valence-electron chi connectivity index (χ2n) is 4.07. The first-order valence-corrected chi connectivity index (χ1v) is 5.34. The smallest absolute Gasteiger partial charge is 0.238 e. The van der Waals surface area contributed by atoms with Crippen LogP contribution in [-0.4, -0.2) is 18.5 Å². The van der Waals surface area contributed by atoms with Crippen molar-refractivity contribution in [2.24, 2.45) is 0 Å². The summed E-state index contributed by atoms with van der Waals surface area (Å²) >= 11 is 0. The minimum Gasteiger partial charge on any atom is -0.325 e. The van der Waals surface area contributed by atoms with E-state index < -0.39 is 0 Å². The van der Waals surface area contributed by atoms with Crippen molar-refractivity contribution >= 4 is 11.6 Å². The van der Waals surface area contributed by atoms with Crippen LogP contribution in [-0.2, 0) is 4.79 Å². The number of amides is 1. The van der Waals surface area contributed by atoms with Crippen molar-refractivity contribution in [3.05, 3.63) is 29.8 Å². The number of hydrogen-bond acceptors (Lipinski definition) is 2. The molecule has 80 valence electrons. The molecule has 0 aliphatic heterocycles. The normalized spacial score (nSPS) is 15.0. The fraction of sp³-hybridized carbons (Fsp3) is 0.417. The van der Waals surface area contributed by atoms with E-state index in [2.05, 4.69) is 10.6 Å². The predicted octanol–water partition coefficient (Wildman–Crippen LogP) is 1.69. The molecule has 0 saturated heterocycles. The second-order valence-corrected chi connectivity index (χ2v) is 4.07. The highest BCUT2D eigenvalue weighted by atomic mass is 16.1. The molecule has 1 saturated carbocycles. The van der Waals surface area contributed by atoms with Crippen molar-refractivity contribution in [1.82, 2.24) is 5.32 Å². The molecule has 0 spiro atoms. The molecule has 0 atom stereocenters. The molecule has 2 N–H and O–H groups in total. The lowest BCUT2D eigenvalue weighted by Crippen LogP contribution is -2.29. The third-order valence-electron chi connectivity index (χ3n) is 2.43. The van der Waals surface area contributed by atoms with Crippen LogP contribution in [0.25, 0.3) is 0 Å². The van der Waals surface area contributed by atoms with Crippen molar-refractivity contribution in [2.45, 2.75) is 25.8 Å². The summed E-state index contributed by atoms with van der Waals surface area (Å²) in [5, 5.41) is 6.04. The van der Waals surface area contributed by atoms with E-state index in [9.17, 15) is 4.79 Å². The Labute approximate surface area is 89.9 Å². The van der Waals surface area contributed by atoms with Crippen LogP contribution in [0.2, 0.25) is 0 Å². The monoisotopic (exact) mass is 204 g/mol. The molecule has 0 unspecified atom stereocenters. The van der Waals surface area contributed by atoms with E-state index in [0.717, 1.165) is 11.3 Å². The molecule has 15 heavy (non-hydrogen) atoms. The Kier molecular flexibility index (Phi) is 3.02. The van der Waals surface area contributed by atoms with Gasteiger partial charge in [0.2, 0.25) is 5.91 Å². The van der Waals surface area contributed by atoms with Crippen molar-refractivity contribution in [2.75, 3.05) is 11.9 Å². The topological polar surface area (TPSA) is 41.1 Å². The fourth-order valence-electron chi connectivity index (χ4n) is 1.45. The van der Waals surface area contributed by atoms with Gasteiger partial charge in [-0.1, -0.05) is 12.1 Å². The van der Waals surface area contributed by atoms with Crippen LogP contribution in [0.3, 0.4) is 0 Å². The Morgan fingerprint density at radius 2 is 2.27 bits per heavy atom. The molecular weight excluding hydrogens is 188 g/mol. The predicted molar refractivity (Wildman–Crippen MR) is 60.8 cm³/mol. The quantitative estimate of drug-likeness (QED) is 0.783. The molecule has 3 nitrogen and oxygen atoms in total. The molecule has 0 radical (unpaired) electrons. The summed E-state index contributed by atoms with van der Waals surface area (Å²) in [5.41, 5.74) is 2.03. The van der Waals surface area contributed by atoms with Crippen LogP contribution < -0.4 is 10.6 Å². The van der Waals surface area contributed by atoms with Gasteiger partial charge < -0.3 is 10.6 Å². The van der Waals surface area contributed by atoms with Crippen molar-refractivity contribution in [3.8, 4) is 0 Å². The van der Waals surface area contributed by atoms with E-state index >= 15 is 0 Å². The third kappa shape index (κ3) is 3.36. The molecule has 2 rings (SSSR count). The molecule has 1 aromatic carbocycles. The maximum absolute atomic E-state index is 11.5. The number of carbonyl (C=O) groups excluding carboxylic acids is 1. The summed E-state index contributed by atoms with van der Waals surface area (Å²) in [6.07, 6.45) is 2.41. The van der Waals surface area contributed by atoms with E-state index in [4.69, 9.17) is 0 Å². The van der Waals surface area contributed by atoms with Gasteiger partial charge in [0.05, 0.1) is 6.54 Å². The van der Waals surface area contributed by atoms with E-state index in [1.54, 1.807) is 0 Å². The summed E-state index contributed by atoms with van der Waals surface area (Å²) < 4.78 is 0. The highest BCUT2D eigenvalue weighted by Gasteiger charge is 2.20. The van der Waals surface area contributed by atoms with Crippen LogP contribution in [0.5, 0.6) is 0 Å². The third-order valence-corrected chi connectivity index (χ3v) is 2.43. The van der Waals surface area contributed by atoms with Gasteiger partial charge in [-0.25, -0.2) is 0 Å². The van der Waals surface area contributed by atoms with Gasteiger partial charge in [-0.2, -0.15) is 0 Å². The average molecular weight is 204 g/mol. The Morgan fingerprint density at radius 1 is 1.47 bits per heavy atom. The lowest BCUT2D eigenvalue weighted by atomic mass is 10.2. The number of aryl methyl sites for hydroxylation is 1. The number of hydrogen-bond donors (Lipinski definition) is 2. The average Bonchev–Trinajstić information content (AvgIpc) is 2.98. The van der Waals surface area contributed by atoms with E-state index in [0.29, 0.717) is 12.6 Å². The lowest BCUT2D eigenvalue weighted by Gasteiger charge is -2.06. The minimum atomic E-state index is 0.0347. The molecular formula is C12H16N2O.